The number of primary amides is 2. The van der Waals surface area contributed by atoms with Crippen LogP contribution in [0.4, 0.5) is 0 Å². The average molecular weight is 218 g/mol. The van der Waals surface area contributed by atoms with E-state index in [0.29, 0.717) is 0 Å². The third kappa shape index (κ3) is 6.02. The Morgan fingerprint density at radius 3 is 1.40 bits per heavy atom. The normalized spacial score (nSPS) is 9.07. The standard InChI is InChI=1S/C7H10N2O6/c8-4(10)6(12)14-2-1-3-15-7(13)5(9)11/h1-3H2,(H2,8,10)(H2,9,11). The minimum atomic E-state index is -1.20. The van der Waals surface area contributed by atoms with Crippen LogP contribution in [0, 0.1) is 0 Å². The van der Waals surface area contributed by atoms with Gasteiger partial charge in [-0.2, -0.15) is 0 Å². The van der Waals surface area contributed by atoms with Gasteiger partial charge in [0.15, 0.2) is 0 Å². The largest absolute Gasteiger partial charge is 0.458 e. The molecule has 0 saturated heterocycles. The summed E-state index contributed by atoms with van der Waals surface area (Å²) in [4.78, 5) is 41.3. The molecule has 8 heteroatoms. The van der Waals surface area contributed by atoms with Crippen LogP contribution in [0.25, 0.3) is 0 Å². The van der Waals surface area contributed by atoms with Crippen LogP contribution in [0.15, 0.2) is 0 Å². The summed E-state index contributed by atoms with van der Waals surface area (Å²) in [5.41, 5.74) is 9.16. The Labute approximate surface area is 84.5 Å². The summed E-state index contributed by atoms with van der Waals surface area (Å²) in [7, 11) is 0. The minimum absolute atomic E-state index is 0.137. The van der Waals surface area contributed by atoms with E-state index in [1.807, 2.05) is 0 Å². The first kappa shape index (κ1) is 12.9. The number of amides is 2. The zero-order valence-corrected chi connectivity index (χ0v) is 7.73. The van der Waals surface area contributed by atoms with Gasteiger partial charge in [0.25, 0.3) is 0 Å². The lowest BCUT2D eigenvalue weighted by Crippen LogP contribution is -2.27. The molecule has 0 aromatic heterocycles. The number of rotatable bonds is 4. The molecule has 0 fully saturated rings. The second-order valence-electron chi connectivity index (χ2n) is 2.35. The molecule has 0 rings (SSSR count). The highest BCUT2D eigenvalue weighted by Gasteiger charge is 2.11. The van der Waals surface area contributed by atoms with Crippen molar-refractivity contribution >= 4 is 23.8 Å². The van der Waals surface area contributed by atoms with E-state index in [1.165, 1.54) is 0 Å². The van der Waals surface area contributed by atoms with E-state index >= 15 is 0 Å². The van der Waals surface area contributed by atoms with E-state index in [4.69, 9.17) is 0 Å². The van der Waals surface area contributed by atoms with Crippen molar-refractivity contribution < 1.29 is 28.7 Å². The lowest BCUT2D eigenvalue weighted by atomic mass is 10.5. The van der Waals surface area contributed by atoms with Crippen molar-refractivity contribution in [2.75, 3.05) is 13.2 Å². The Morgan fingerprint density at radius 1 is 0.800 bits per heavy atom. The first-order chi connectivity index (χ1) is 6.95. The monoisotopic (exact) mass is 218 g/mol. The molecule has 8 nitrogen and oxygen atoms in total. The van der Waals surface area contributed by atoms with Gasteiger partial charge in [0.05, 0.1) is 13.2 Å². The maximum atomic E-state index is 10.5. The lowest BCUT2D eigenvalue weighted by molar-refractivity contribution is -0.155. The lowest BCUT2D eigenvalue weighted by Gasteiger charge is -2.02. The molecule has 84 valence electrons. The number of esters is 2. The zero-order valence-electron chi connectivity index (χ0n) is 7.73. The highest BCUT2D eigenvalue weighted by atomic mass is 16.6. The quantitative estimate of drug-likeness (QED) is 0.302. The molecule has 15 heavy (non-hydrogen) atoms. The SMILES string of the molecule is NC(=O)C(=O)OCCCOC(=O)C(N)=O. The van der Waals surface area contributed by atoms with E-state index in [-0.39, 0.29) is 19.6 Å². The zero-order chi connectivity index (χ0) is 11.8. The molecule has 0 aromatic rings. The third-order valence-electron chi connectivity index (χ3n) is 1.16. The van der Waals surface area contributed by atoms with E-state index in [1.54, 1.807) is 0 Å². The summed E-state index contributed by atoms with van der Waals surface area (Å²) in [5.74, 6) is -4.75. The number of carbonyl (C=O) groups is 4. The van der Waals surface area contributed by atoms with E-state index < -0.39 is 23.8 Å². The number of hydrogen-bond acceptors (Lipinski definition) is 6. The number of hydrogen-bond donors (Lipinski definition) is 2. The van der Waals surface area contributed by atoms with Crippen LogP contribution in [-0.2, 0) is 28.7 Å². The first-order valence-corrected chi connectivity index (χ1v) is 3.88. The molecule has 2 amide bonds. The van der Waals surface area contributed by atoms with Crippen molar-refractivity contribution in [1.29, 1.82) is 0 Å². The summed E-state index contributed by atoms with van der Waals surface area (Å²) < 4.78 is 8.65. The highest BCUT2D eigenvalue weighted by molar-refractivity contribution is 6.32. The van der Waals surface area contributed by atoms with Crippen molar-refractivity contribution in [3.8, 4) is 0 Å². The van der Waals surface area contributed by atoms with Crippen LogP contribution in [0.5, 0.6) is 0 Å². The van der Waals surface area contributed by atoms with Gasteiger partial charge in [0, 0.05) is 6.42 Å². The van der Waals surface area contributed by atoms with E-state index in [2.05, 4.69) is 20.9 Å². The van der Waals surface area contributed by atoms with Crippen LogP contribution in [0.2, 0.25) is 0 Å². The molecule has 0 unspecified atom stereocenters. The van der Waals surface area contributed by atoms with Crippen LogP contribution in [0.1, 0.15) is 6.42 Å². The fourth-order valence-electron chi connectivity index (χ4n) is 0.531. The second-order valence-corrected chi connectivity index (χ2v) is 2.35. The molecular formula is C7H10N2O6. The van der Waals surface area contributed by atoms with Crippen LogP contribution in [0.3, 0.4) is 0 Å². The predicted molar refractivity (Wildman–Crippen MR) is 44.9 cm³/mol. The molecule has 0 spiro atoms. The predicted octanol–water partition coefficient (Wildman–Crippen LogP) is -2.57. The summed E-state index contributed by atoms with van der Waals surface area (Å²) in [6, 6.07) is 0. The van der Waals surface area contributed by atoms with Crippen molar-refractivity contribution in [3.05, 3.63) is 0 Å². The molecule has 0 aliphatic rings. The van der Waals surface area contributed by atoms with E-state index in [0.717, 1.165) is 0 Å². The van der Waals surface area contributed by atoms with Crippen LogP contribution >= 0.6 is 0 Å². The molecular weight excluding hydrogens is 208 g/mol. The Bertz CT molecular complexity index is 259. The van der Waals surface area contributed by atoms with Crippen LogP contribution in [-0.4, -0.2) is 37.0 Å². The summed E-state index contributed by atoms with van der Waals surface area (Å²) in [6.45, 7) is -0.290. The summed E-state index contributed by atoms with van der Waals surface area (Å²) in [6.07, 6.45) is 0.137. The molecule has 0 atom stereocenters. The maximum Gasteiger partial charge on any atom is 0.396 e. The Hall–Kier alpha value is -2.12. The molecule has 0 aromatic carbocycles. The van der Waals surface area contributed by atoms with Gasteiger partial charge < -0.3 is 20.9 Å². The van der Waals surface area contributed by atoms with Gasteiger partial charge in [-0.3, -0.25) is 9.59 Å². The van der Waals surface area contributed by atoms with Crippen molar-refractivity contribution in [1.82, 2.24) is 0 Å². The van der Waals surface area contributed by atoms with Gasteiger partial charge in [-0.05, 0) is 0 Å². The fraction of sp³-hybridized carbons (Fsp3) is 0.429. The topological polar surface area (TPSA) is 139 Å². The minimum Gasteiger partial charge on any atom is -0.458 e. The molecule has 0 radical (unpaired) electrons. The molecule has 0 aliphatic heterocycles. The van der Waals surface area contributed by atoms with Crippen molar-refractivity contribution in [2.24, 2.45) is 11.5 Å². The van der Waals surface area contributed by atoms with Gasteiger partial charge in [-0.1, -0.05) is 0 Å². The summed E-state index contributed by atoms with van der Waals surface area (Å²) >= 11 is 0. The third-order valence-corrected chi connectivity index (χ3v) is 1.16. The highest BCUT2D eigenvalue weighted by Crippen LogP contribution is 1.87. The molecule has 0 saturated carbocycles. The average Bonchev–Trinajstić information content (AvgIpc) is 2.16. The number of nitrogens with two attached hydrogens (primary N) is 2. The fourth-order valence-corrected chi connectivity index (χ4v) is 0.531. The second kappa shape index (κ2) is 6.35. The Kier molecular flexibility index (Phi) is 5.45. The number of ether oxygens (including phenoxy) is 2. The smallest absolute Gasteiger partial charge is 0.396 e. The van der Waals surface area contributed by atoms with Gasteiger partial charge in [-0.25, -0.2) is 9.59 Å². The Balaban J connectivity index is 3.48. The van der Waals surface area contributed by atoms with Gasteiger partial charge >= 0.3 is 23.8 Å². The molecule has 4 N–H and O–H groups in total. The molecule has 0 heterocycles. The summed E-state index contributed by atoms with van der Waals surface area (Å²) in [5, 5.41) is 0. The maximum absolute atomic E-state index is 10.5. The molecule has 0 bridgehead atoms. The van der Waals surface area contributed by atoms with Crippen molar-refractivity contribution in [3.63, 3.8) is 0 Å². The number of carbonyl (C=O) groups excluding carboxylic acids is 4. The van der Waals surface area contributed by atoms with E-state index in [9.17, 15) is 19.2 Å². The van der Waals surface area contributed by atoms with Crippen LogP contribution < -0.4 is 11.5 Å². The Morgan fingerprint density at radius 2 is 1.13 bits per heavy atom. The van der Waals surface area contributed by atoms with Gasteiger partial charge in [-0.15, -0.1) is 0 Å². The first-order valence-electron chi connectivity index (χ1n) is 3.88. The van der Waals surface area contributed by atoms with Gasteiger partial charge in [0.1, 0.15) is 0 Å². The molecule has 0 aliphatic carbocycles. The van der Waals surface area contributed by atoms with Gasteiger partial charge in [0.2, 0.25) is 0 Å². The van der Waals surface area contributed by atoms with Crippen molar-refractivity contribution in [2.45, 2.75) is 6.42 Å².